The lowest BCUT2D eigenvalue weighted by Crippen LogP contribution is -2.45. The molecule has 0 aliphatic rings. The van der Waals surface area contributed by atoms with Crippen LogP contribution in [0.1, 0.15) is 24.5 Å². The van der Waals surface area contributed by atoms with Crippen molar-refractivity contribution in [2.45, 2.75) is 64.6 Å². The van der Waals surface area contributed by atoms with E-state index in [0.717, 1.165) is 23.6 Å². The number of ether oxygens (including phenoxy) is 3. The number of carboxylic acids is 1. The van der Waals surface area contributed by atoms with Crippen molar-refractivity contribution in [3.8, 4) is 17.2 Å². The zero-order chi connectivity index (χ0) is 24.7. The Bertz CT molecular complexity index is 782. The molecule has 0 aromatic heterocycles. The van der Waals surface area contributed by atoms with Gasteiger partial charge in [-0.1, -0.05) is 6.92 Å². The van der Waals surface area contributed by atoms with Crippen molar-refractivity contribution >= 4 is 38.0 Å². The maximum absolute atomic E-state index is 11.1. The van der Waals surface area contributed by atoms with Crippen molar-refractivity contribution in [2.75, 3.05) is 21.3 Å². The van der Waals surface area contributed by atoms with E-state index < -0.39 is 31.9 Å². The molecule has 0 heterocycles. The van der Waals surface area contributed by atoms with E-state index in [0.29, 0.717) is 23.7 Å². The minimum absolute atomic E-state index is 0.266. The fourth-order valence-corrected chi connectivity index (χ4v) is 11.8. The van der Waals surface area contributed by atoms with Crippen LogP contribution in [0.4, 0.5) is 0 Å². The summed E-state index contributed by atoms with van der Waals surface area (Å²) in [5.41, 5.74) is 1.87. The maximum Gasteiger partial charge on any atom is 0.328 e. The van der Waals surface area contributed by atoms with E-state index in [2.05, 4.69) is 46.2 Å². The van der Waals surface area contributed by atoms with Gasteiger partial charge in [0.1, 0.15) is 0 Å². The first kappa shape index (κ1) is 28.4. The molecule has 0 bridgehead atoms. The number of rotatable bonds is 13. The topological polar surface area (TPSA) is 83.5 Å². The molecule has 1 aromatic rings. The highest BCUT2D eigenvalue weighted by Gasteiger charge is 2.33. The van der Waals surface area contributed by atoms with Gasteiger partial charge in [0.25, 0.3) is 0 Å². The Morgan fingerprint density at radius 1 is 1.00 bits per heavy atom. The number of carboxylic acid groups (broad SMARTS) is 1. The maximum atomic E-state index is 11.1. The van der Waals surface area contributed by atoms with Crippen molar-refractivity contribution in [3.63, 3.8) is 0 Å². The number of methoxy groups -OCH3 is 3. The fourth-order valence-electron chi connectivity index (χ4n) is 3.26. The van der Waals surface area contributed by atoms with E-state index in [-0.39, 0.29) is 5.54 Å². The van der Waals surface area contributed by atoms with Gasteiger partial charge in [0.15, 0.2) is 28.1 Å². The van der Waals surface area contributed by atoms with Crippen LogP contribution in [-0.4, -0.2) is 58.3 Å². The number of aliphatic carboxylic acids is 1. The van der Waals surface area contributed by atoms with Gasteiger partial charge in [0.05, 0.1) is 21.3 Å². The van der Waals surface area contributed by atoms with Crippen LogP contribution < -0.4 is 14.2 Å². The molecule has 1 unspecified atom stereocenters. The predicted octanol–water partition coefficient (Wildman–Crippen LogP) is 5.06. The van der Waals surface area contributed by atoms with Crippen LogP contribution in [0.3, 0.4) is 0 Å². The van der Waals surface area contributed by atoms with Crippen LogP contribution in [0.15, 0.2) is 12.1 Å². The van der Waals surface area contributed by atoms with E-state index in [1.54, 1.807) is 33.5 Å². The zero-order valence-electron chi connectivity index (χ0n) is 21.2. The second kappa shape index (κ2) is 12.0. The largest absolute Gasteiger partial charge is 0.493 e. The standard InChI is InChI=1S/C22H40O7Si3/c1-16(30(28-31(5,6)7)29-32(8,9)10)11-13-18-17(12-14-20(23)24)15-19(25-2)22(27-4)21(18)26-3/h12,14-16,30H,11,13H2,1-10H3,(H,23,24). The number of hydrogen-bond acceptors (Lipinski definition) is 6. The number of benzene rings is 1. The highest BCUT2D eigenvalue weighted by Crippen LogP contribution is 2.43. The lowest BCUT2D eigenvalue weighted by Gasteiger charge is -2.34. The molecule has 1 aromatic carbocycles. The SMILES string of the molecule is COc1cc(C=CC(=O)O)c(CCC(C)[SiH](O[Si](C)(C)C)O[Si](C)(C)C)c(OC)c1OC. The van der Waals surface area contributed by atoms with Crippen LogP contribution in [0.25, 0.3) is 6.08 Å². The highest BCUT2D eigenvalue weighted by atomic mass is 28.4. The van der Waals surface area contributed by atoms with Gasteiger partial charge in [-0.05, 0) is 75.4 Å². The molecule has 0 radical (unpaired) electrons. The van der Waals surface area contributed by atoms with Crippen LogP contribution in [-0.2, 0) is 19.4 Å². The summed E-state index contributed by atoms with van der Waals surface area (Å²) < 4.78 is 29.7. The summed E-state index contributed by atoms with van der Waals surface area (Å²) in [5, 5.41) is 9.13. The Hall–Kier alpha value is -1.60. The molecule has 1 atom stereocenters. The molecule has 0 spiro atoms. The van der Waals surface area contributed by atoms with Gasteiger partial charge in [0.2, 0.25) is 5.75 Å². The molecule has 0 aliphatic carbocycles. The van der Waals surface area contributed by atoms with Gasteiger partial charge >= 0.3 is 15.3 Å². The Morgan fingerprint density at radius 3 is 1.94 bits per heavy atom. The second-order valence-corrected chi connectivity index (χ2v) is 21.9. The molecular weight excluding hydrogens is 460 g/mol. The lowest BCUT2D eigenvalue weighted by atomic mass is 9.98. The quantitative estimate of drug-likeness (QED) is 0.299. The van der Waals surface area contributed by atoms with Crippen LogP contribution in [0, 0.1) is 0 Å². The summed E-state index contributed by atoms with van der Waals surface area (Å²) in [5.74, 6) is 0.523. The van der Waals surface area contributed by atoms with E-state index in [4.69, 9.17) is 27.5 Å². The number of carbonyl (C=O) groups is 1. The first-order chi connectivity index (χ1) is 14.7. The van der Waals surface area contributed by atoms with Gasteiger partial charge < -0.3 is 27.5 Å². The molecule has 0 amide bonds. The van der Waals surface area contributed by atoms with E-state index in [1.165, 1.54) is 0 Å². The van der Waals surface area contributed by atoms with E-state index >= 15 is 0 Å². The molecule has 1 N–H and O–H groups in total. The molecule has 0 saturated heterocycles. The molecule has 0 aliphatic heterocycles. The predicted molar refractivity (Wildman–Crippen MR) is 137 cm³/mol. The minimum Gasteiger partial charge on any atom is -0.493 e. The lowest BCUT2D eigenvalue weighted by molar-refractivity contribution is -0.131. The van der Waals surface area contributed by atoms with Gasteiger partial charge in [-0.3, -0.25) is 0 Å². The molecule has 182 valence electrons. The highest BCUT2D eigenvalue weighted by molar-refractivity contribution is 6.81. The molecule has 10 heteroatoms. The smallest absolute Gasteiger partial charge is 0.328 e. The summed E-state index contributed by atoms with van der Waals surface area (Å²) in [6, 6.07) is 1.78. The number of hydrogen-bond donors (Lipinski definition) is 1. The molecule has 1 rings (SSSR count). The first-order valence-corrected chi connectivity index (χ1v) is 19.2. The Labute approximate surface area is 196 Å². The minimum atomic E-state index is -1.91. The Balaban J connectivity index is 3.33. The van der Waals surface area contributed by atoms with Gasteiger partial charge in [-0.2, -0.15) is 0 Å². The van der Waals surface area contributed by atoms with Crippen molar-refractivity contribution < 1.29 is 32.3 Å². The third kappa shape index (κ3) is 9.10. The van der Waals surface area contributed by atoms with Crippen molar-refractivity contribution in [3.05, 3.63) is 23.3 Å². The van der Waals surface area contributed by atoms with Crippen LogP contribution >= 0.6 is 0 Å². The van der Waals surface area contributed by atoms with Crippen LogP contribution in [0.2, 0.25) is 44.8 Å². The summed E-state index contributed by atoms with van der Waals surface area (Å²) in [4.78, 5) is 11.1. The monoisotopic (exact) mass is 500 g/mol. The van der Waals surface area contributed by atoms with Crippen molar-refractivity contribution in [2.24, 2.45) is 0 Å². The first-order valence-electron chi connectivity index (χ1n) is 10.8. The van der Waals surface area contributed by atoms with Gasteiger partial charge in [-0.15, -0.1) is 0 Å². The summed E-state index contributed by atoms with van der Waals surface area (Å²) in [6.45, 7) is 15.4. The summed E-state index contributed by atoms with van der Waals surface area (Å²) in [6.07, 6.45) is 4.18. The molecular formula is C22H40O7Si3. The van der Waals surface area contributed by atoms with Crippen molar-refractivity contribution in [1.82, 2.24) is 0 Å². The van der Waals surface area contributed by atoms with E-state index in [9.17, 15) is 4.79 Å². The zero-order valence-corrected chi connectivity index (χ0v) is 24.4. The third-order valence-electron chi connectivity index (χ3n) is 4.63. The molecule has 0 fully saturated rings. The van der Waals surface area contributed by atoms with Crippen LogP contribution in [0.5, 0.6) is 17.2 Å². The molecule has 7 nitrogen and oxygen atoms in total. The van der Waals surface area contributed by atoms with E-state index in [1.807, 2.05) is 0 Å². The molecule has 32 heavy (non-hydrogen) atoms. The average Bonchev–Trinajstić information content (AvgIpc) is 2.66. The Kier molecular flexibility index (Phi) is 10.7. The second-order valence-electron chi connectivity index (χ2n) is 9.73. The van der Waals surface area contributed by atoms with Gasteiger partial charge in [0, 0.05) is 11.6 Å². The third-order valence-corrected chi connectivity index (χ3v) is 13.4. The summed E-state index contributed by atoms with van der Waals surface area (Å²) in [7, 11) is -0.732. The average molecular weight is 501 g/mol. The van der Waals surface area contributed by atoms with Crippen molar-refractivity contribution in [1.29, 1.82) is 0 Å². The summed E-state index contributed by atoms with van der Waals surface area (Å²) >= 11 is 0. The Morgan fingerprint density at radius 2 is 1.53 bits per heavy atom. The fraction of sp³-hybridized carbons (Fsp3) is 0.591. The molecule has 0 saturated carbocycles. The van der Waals surface area contributed by atoms with Gasteiger partial charge in [-0.25, -0.2) is 4.79 Å². The normalized spacial score (nSPS) is 13.5.